The molecule has 0 atom stereocenters. The molecule has 0 unspecified atom stereocenters. The Morgan fingerprint density at radius 3 is 2.47 bits per heavy atom. The quantitative estimate of drug-likeness (QED) is 0.593. The van der Waals surface area contributed by atoms with Crippen LogP contribution in [0.3, 0.4) is 0 Å². The molecule has 0 bridgehead atoms. The van der Waals surface area contributed by atoms with Gasteiger partial charge in [-0.15, -0.1) is 0 Å². The Morgan fingerprint density at radius 2 is 1.80 bits per heavy atom. The fourth-order valence-corrected chi connectivity index (χ4v) is 4.35. The van der Waals surface area contributed by atoms with Crippen LogP contribution >= 0.6 is 11.8 Å². The molecule has 0 saturated carbocycles. The lowest BCUT2D eigenvalue weighted by atomic mass is 10.0. The summed E-state index contributed by atoms with van der Waals surface area (Å²) in [6.07, 6.45) is 0. The van der Waals surface area contributed by atoms with E-state index >= 15 is 0 Å². The largest absolute Gasteiger partial charge is 0.497 e. The molecule has 0 saturated heterocycles. The SMILES string of the molecule is COc1ccc(-n2nc3c(c2NC(=O)COc2ccc(C(C)C)cc2)CSC3)cc1. The maximum atomic E-state index is 12.6. The van der Waals surface area contributed by atoms with Crippen molar-refractivity contribution in [3.8, 4) is 17.2 Å². The van der Waals surface area contributed by atoms with Crippen molar-refractivity contribution >= 4 is 23.5 Å². The van der Waals surface area contributed by atoms with Crippen LogP contribution in [0.15, 0.2) is 48.5 Å². The maximum Gasteiger partial charge on any atom is 0.263 e. The third-order valence-corrected chi connectivity index (χ3v) is 6.01. The molecule has 6 nitrogen and oxygen atoms in total. The highest BCUT2D eigenvalue weighted by atomic mass is 32.2. The first-order chi connectivity index (χ1) is 14.5. The number of anilines is 1. The van der Waals surface area contributed by atoms with Gasteiger partial charge in [-0.25, -0.2) is 4.68 Å². The summed E-state index contributed by atoms with van der Waals surface area (Å²) in [5.41, 5.74) is 4.20. The van der Waals surface area contributed by atoms with E-state index in [2.05, 4.69) is 19.2 Å². The molecule has 0 radical (unpaired) electrons. The smallest absolute Gasteiger partial charge is 0.263 e. The summed E-state index contributed by atoms with van der Waals surface area (Å²) in [5, 5.41) is 7.72. The van der Waals surface area contributed by atoms with E-state index in [0.717, 1.165) is 34.2 Å². The fraction of sp³-hybridized carbons (Fsp3) is 0.304. The molecule has 30 heavy (non-hydrogen) atoms. The van der Waals surface area contributed by atoms with Crippen molar-refractivity contribution in [2.24, 2.45) is 0 Å². The van der Waals surface area contributed by atoms with Crippen LogP contribution in [0.4, 0.5) is 5.82 Å². The van der Waals surface area contributed by atoms with Gasteiger partial charge in [-0.3, -0.25) is 4.79 Å². The Balaban J connectivity index is 1.48. The summed E-state index contributed by atoms with van der Waals surface area (Å²) in [6.45, 7) is 4.23. The molecule has 7 heteroatoms. The van der Waals surface area contributed by atoms with Crippen molar-refractivity contribution in [3.63, 3.8) is 0 Å². The number of carbonyl (C=O) groups is 1. The van der Waals surface area contributed by atoms with Crippen LogP contribution in [0.2, 0.25) is 0 Å². The van der Waals surface area contributed by atoms with Gasteiger partial charge in [-0.1, -0.05) is 26.0 Å². The lowest BCUT2D eigenvalue weighted by molar-refractivity contribution is -0.118. The molecule has 4 rings (SSSR count). The first kappa shape index (κ1) is 20.3. The Morgan fingerprint density at radius 1 is 1.10 bits per heavy atom. The van der Waals surface area contributed by atoms with Gasteiger partial charge in [0.2, 0.25) is 0 Å². The molecule has 1 aromatic heterocycles. The molecule has 0 aliphatic carbocycles. The molecule has 3 aromatic rings. The third kappa shape index (κ3) is 4.31. The van der Waals surface area contributed by atoms with E-state index < -0.39 is 0 Å². The number of thioether (sulfide) groups is 1. The summed E-state index contributed by atoms with van der Waals surface area (Å²) in [4.78, 5) is 12.6. The molecule has 0 fully saturated rings. The van der Waals surface area contributed by atoms with Crippen molar-refractivity contribution in [2.45, 2.75) is 31.3 Å². The zero-order valence-corrected chi connectivity index (χ0v) is 18.2. The second-order valence-electron chi connectivity index (χ2n) is 7.44. The number of rotatable bonds is 7. The van der Waals surface area contributed by atoms with Crippen LogP contribution in [0.1, 0.15) is 36.6 Å². The number of hydrogen-bond donors (Lipinski definition) is 1. The summed E-state index contributed by atoms with van der Waals surface area (Å²) in [5.74, 6) is 4.09. The second kappa shape index (κ2) is 8.83. The third-order valence-electron chi connectivity index (χ3n) is 5.04. The lowest BCUT2D eigenvalue weighted by Crippen LogP contribution is -2.22. The summed E-state index contributed by atoms with van der Waals surface area (Å²) in [6, 6.07) is 15.5. The van der Waals surface area contributed by atoms with Crippen LogP contribution in [0.25, 0.3) is 5.69 Å². The summed E-state index contributed by atoms with van der Waals surface area (Å²) < 4.78 is 12.7. The van der Waals surface area contributed by atoms with Crippen molar-refractivity contribution in [1.29, 1.82) is 0 Å². The number of ether oxygens (including phenoxy) is 2. The van der Waals surface area contributed by atoms with Crippen LogP contribution < -0.4 is 14.8 Å². The number of benzene rings is 2. The average Bonchev–Trinajstić information content (AvgIpc) is 3.35. The Bertz CT molecular complexity index is 1030. The van der Waals surface area contributed by atoms with E-state index in [9.17, 15) is 4.79 Å². The topological polar surface area (TPSA) is 65.4 Å². The van der Waals surface area contributed by atoms with Crippen molar-refractivity contribution in [1.82, 2.24) is 9.78 Å². The van der Waals surface area contributed by atoms with Gasteiger partial charge in [0.15, 0.2) is 6.61 Å². The number of amides is 1. The van der Waals surface area contributed by atoms with Gasteiger partial charge in [-0.2, -0.15) is 16.9 Å². The van der Waals surface area contributed by atoms with Gasteiger partial charge in [0, 0.05) is 17.1 Å². The van der Waals surface area contributed by atoms with Crippen molar-refractivity contribution in [2.75, 3.05) is 19.0 Å². The molecule has 2 heterocycles. The van der Waals surface area contributed by atoms with Crippen molar-refractivity contribution in [3.05, 3.63) is 65.4 Å². The average molecular weight is 424 g/mol. The van der Waals surface area contributed by atoms with Gasteiger partial charge in [-0.05, 0) is 47.9 Å². The van der Waals surface area contributed by atoms with E-state index in [1.807, 2.05) is 48.5 Å². The first-order valence-corrected chi connectivity index (χ1v) is 11.1. The zero-order valence-electron chi connectivity index (χ0n) is 17.3. The Kier molecular flexibility index (Phi) is 5.99. The molecule has 1 aliphatic heterocycles. The molecular formula is C23H25N3O3S. The van der Waals surface area contributed by atoms with Gasteiger partial charge in [0.05, 0.1) is 18.5 Å². The standard InChI is InChI=1S/C23H25N3O3S/c1-15(2)16-4-8-19(9-5-16)29-12-22(27)24-23-20-13-30-14-21(20)25-26(23)17-6-10-18(28-3)11-7-17/h4-11,15H,12-14H2,1-3H3,(H,24,27). The lowest BCUT2D eigenvalue weighted by Gasteiger charge is -2.12. The van der Waals surface area contributed by atoms with Gasteiger partial charge in [0.25, 0.3) is 5.91 Å². The normalized spacial score (nSPS) is 12.7. The minimum atomic E-state index is -0.211. The summed E-state index contributed by atoms with van der Waals surface area (Å²) in [7, 11) is 1.64. The van der Waals surface area contributed by atoms with Gasteiger partial charge < -0.3 is 14.8 Å². The molecule has 2 aromatic carbocycles. The van der Waals surface area contributed by atoms with E-state index in [4.69, 9.17) is 14.6 Å². The summed E-state index contributed by atoms with van der Waals surface area (Å²) >= 11 is 1.80. The van der Waals surface area contributed by atoms with E-state index in [1.165, 1.54) is 5.56 Å². The number of nitrogens with one attached hydrogen (secondary N) is 1. The van der Waals surface area contributed by atoms with Gasteiger partial charge in [0.1, 0.15) is 17.3 Å². The minimum Gasteiger partial charge on any atom is -0.497 e. The highest BCUT2D eigenvalue weighted by Crippen LogP contribution is 2.36. The molecule has 1 amide bonds. The van der Waals surface area contributed by atoms with Crippen LogP contribution in [-0.4, -0.2) is 29.4 Å². The molecule has 1 N–H and O–H groups in total. The number of nitrogens with zero attached hydrogens (tertiary/aromatic N) is 2. The first-order valence-electron chi connectivity index (χ1n) is 9.90. The minimum absolute atomic E-state index is 0.0588. The highest BCUT2D eigenvalue weighted by Gasteiger charge is 2.24. The Labute approximate surface area is 180 Å². The van der Waals surface area contributed by atoms with Crippen molar-refractivity contribution < 1.29 is 14.3 Å². The number of methoxy groups -OCH3 is 1. The fourth-order valence-electron chi connectivity index (χ4n) is 3.32. The number of carbonyl (C=O) groups excluding carboxylic acids is 1. The van der Waals surface area contributed by atoms with E-state index in [0.29, 0.717) is 17.5 Å². The Hall–Kier alpha value is -2.93. The van der Waals surface area contributed by atoms with E-state index in [1.54, 1.807) is 23.6 Å². The maximum absolute atomic E-state index is 12.6. The second-order valence-corrected chi connectivity index (χ2v) is 8.42. The number of hydrogen-bond acceptors (Lipinski definition) is 5. The van der Waals surface area contributed by atoms with Gasteiger partial charge >= 0.3 is 0 Å². The predicted octanol–water partition coefficient (Wildman–Crippen LogP) is 4.77. The predicted molar refractivity (Wildman–Crippen MR) is 120 cm³/mol. The van der Waals surface area contributed by atoms with Crippen LogP contribution in [-0.2, 0) is 16.3 Å². The molecule has 156 valence electrons. The molecular weight excluding hydrogens is 398 g/mol. The van der Waals surface area contributed by atoms with Crippen LogP contribution in [0.5, 0.6) is 11.5 Å². The zero-order chi connectivity index (χ0) is 21.1. The van der Waals surface area contributed by atoms with E-state index in [-0.39, 0.29) is 12.5 Å². The monoisotopic (exact) mass is 423 g/mol. The molecule has 1 aliphatic rings. The number of aromatic nitrogens is 2. The number of fused-ring (bicyclic) bond motifs is 1. The molecule has 0 spiro atoms. The highest BCUT2D eigenvalue weighted by molar-refractivity contribution is 7.98. The van der Waals surface area contributed by atoms with Crippen LogP contribution in [0, 0.1) is 0 Å².